The minimum Gasteiger partial charge on any atom is -0.455 e. The smallest absolute Gasteiger partial charge is 0.427 e. The van der Waals surface area contributed by atoms with Crippen LogP contribution in [-0.4, -0.2) is 140 Å². The lowest BCUT2D eigenvalue weighted by atomic mass is 9.51. The van der Waals surface area contributed by atoms with Crippen molar-refractivity contribution in [2.75, 3.05) is 39.6 Å². The summed E-state index contributed by atoms with van der Waals surface area (Å²) in [5.74, 6) is -25.2. The Kier molecular flexibility index (Phi) is 29.3. The van der Waals surface area contributed by atoms with Gasteiger partial charge in [-0.3, -0.25) is 0 Å². The maximum Gasteiger partial charge on any atom is 0.427 e. The average Bonchev–Trinajstić information content (AvgIpc) is 0.722. The predicted molar refractivity (Wildman–Crippen MR) is 477 cm³/mol. The summed E-state index contributed by atoms with van der Waals surface area (Å²) in [6.07, 6.45) is -10.7. The Morgan fingerprint density at radius 1 is 0.261 bits per heavy atom. The first kappa shape index (κ1) is 102. The predicted octanol–water partition coefficient (Wildman–Crippen LogP) is 25.9. The van der Waals surface area contributed by atoms with Crippen LogP contribution in [0.4, 0.5) is 79.0 Å². The van der Waals surface area contributed by atoms with Gasteiger partial charge in [0.05, 0.1) is 59.1 Å². The van der Waals surface area contributed by atoms with Crippen molar-refractivity contribution in [3.8, 4) is 0 Å². The molecule has 0 amide bonds. The minimum absolute atomic E-state index is 0.00709. The second kappa shape index (κ2) is 39.7. The fraction of sp³-hybridized carbons (Fsp3) is 0.457. The molecule has 12 saturated carbocycles. The number of rotatable bonds is 15. The van der Waals surface area contributed by atoms with Crippen molar-refractivity contribution in [2.45, 2.75) is 243 Å². The van der Waals surface area contributed by atoms with Crippen LogP contribution in [0.1, 0.15) is 117 Å². The highest BCUT2D eigenvalue weighted by atomic mass is 32.2. The molecule has 0 aromatic heterocycles. The lowest BCUT2D eigenvalue weighted by Gasteiger charge is -2.65. The van der Waals surface area contributed by atoms with Crippen LogP contribution in [0.2, 0.25) is 0 Å². The van der Waals surface area contributed by atoms with E-state index in [1.54, 1.807) is 0 Å². The molecule has 12 bridgehead atoms. The largest absolute Gasteiger partial charge is 0.455 e. The Morgan fingerprint density at radius 2 is 0.435 bits per heavy atom. The first-order valence-corrected chi connectivity index (χ1v) is 49.5. The highest BCUT2D eigenvalue weighted by molar-refractivity contribution is 7.97. The van der Waals surface area contributed by atoms with Gasteiger partial charge in [-0.1, -0.05) is 164 Å². The monoisotopic (exact) mass is 2000 g/mol. The molecule has 0 N–H and O–H groups in total. The fourth-order valence-electron chi connectivity index (χ4n) is 22.7. The standard InChI is InChI=1S/C18H20F8O4.3C18H15S.C17H20F6O4.C16H20F4O4/c1-13(19,20)12(27)30-14-4-9-2-10(5-14)16(11(3-9)6-14)28-7-15(8-29-16,17(21,22)23)18(24,25)26;3*1-4-10-16(11-5-1)19(17-12-6-2-7-13-17)18-14-8-3-9-15-18;1-13(18,19)12(24)27-14-4-9-2-10(5-14)16(11(3-9)6-14)25-7-15(20,8-26-16)17(21,22)23;1-13(17,18)12(21)24-14-4-9-2-10(5-14)16(11(3-9)6-14)22-7-15(19,20)8-23-16/h9-11H,2-8H2,1H3;3*1-15H;9-11H,2-8H2,1H3;9-11H,2-8H2,1H3/q;3*+1;;. The lowest BCUT2D eigenvalue weighted by molar-refractivity contribution is -0.454. The molecule has 9 aromatic rings. The number of hydrogen-bond donors (Lipinski definition) is 0. The molecule has 138 heavy (non-hydrogen) atoms. The molecule has 6 atom stereocenters. The van der Waals surface area contributed by atoms with E-state index in [1.807, 2.05) is 0 Å². The van der Waals surface area contributed by atoms with Gasteiger partial charge in [0.25, 0.3) is 11.6 Å². The van der Waals surface area contributed by atoms with Gasteiger partial charge >= 0.3 is 54.2 Å². The SMILES string of the molecule is CC(F)(F)C(=O)OC12CC3CC(C1)C1(OCC(C(F)(F)F)(C(F)(F)F)CO1)C(C3)C2.CC(F)(F)C(=O)OC12CC3CC(C1)C1(OCC(F)(C(F)(F)F)CO1)C(C3)C2.CC(F)(F)C(=O)OC12CC3CC(C1)C1(OCC(F)(F)CO1)C(C3)C2.c1ccc([S+](c2ccccc2)c2ccccc2)cc1.c1ccc([S+](c2ccccc2)c2ccccc2)cc1.c1ccc([S+](c2ccccc2)c2ccccc2)cc1. The highest BCUT2D eigenvalue weighted by Gasteiger charge is 2.78. The zero-order valence-corrected chi connectivity index (χ0v) is 77.9. The van der Waals surface area contributed by atoms with E-state index in [1.165, 1.54) is 44.1 Å². The first-order valence-electron chi connectivity index (χ1n) is 45.8. The van der Waals surface area contributed by atoms with Gasteiger partial charge in [-0.15, -0.1) is 0 Å². The molecule has 3 saturated heterocycles. The van der Waals surface area contributed by atoms with E-state index in [0.29, 0.717) is 78.6 Å². The second-order valence-corrected chi connectivity index (χ2v) is 44.5. The number of esters is 3. The van der Waals surface area contributed by atoms with Gasteiger partial charge in [0.1, 0.15) is 30.0 Å². The summed E-state index contributed by atoms with van der Waals surface area (Å²) in [5.41, 5.74) is -11.0. The maximum atomic E-state index is 14.1. The Morgan fingerprint density at radius 3 is 0.601 bits per heavy atom. The zero-order valence-electron chi connectivity index (χ0n) is 75.5. The normalized spacial score (nSPS) is 29.0. The highest BCUT2D eigenvalue weighted by Crippen LogP contribution is 2.69. The van der Waals surface area contributed by atoms with E-state index in [9.17, 15) is 93.4 Å². The molecular formula is C105H105F18O12S3+3. The van der Waals surface area contributed by atoms with Crippen LogP contribution in [0.25, 0.3) is 0 Å². The van der Waals surface area contributed by atoms with Gasteiger partial charge in [0.2, 0.25) is 5.41 Å². The quantitative estimate of drug-likeness (QED) is 0.0418. The van der Waals surface area contributed by atoms with E-state index >= 15 is 0 Å². The summed E-state index contributed by atoms with van der Waals surface area (Å²) in [6, 6.07) is 96.5. The van der Waals surface area contributed by atoms with Crippen molar-refractivity contribution in [3.63, 3.8) is 0 Å². The molecule has 12 aliphatic carbocycles. The fourth-order valence-corrected chi connectivity index (χ4v) is 29.0. The molecule has 9 aromatic carbocycles. The van der Waals surface area contributed by atoms with Crippen LogP contribution in [0, 0.1) is 58.7 Å². The summed E-state index contributed by atoms with van der Waals surface area (Å²) in [4.78, 5) is 47.4. The number of carbonyl (C=O) groups is 3. The number of benzene rings is 9. The van der Waals surface area contributed by atoms with Gasteiger partial charge in [0, 0.05) is 56.3 Å². The summed E-state index contributed by atoms with van der Waals surface area (Å²) >= 11 is 0. The van der Waals surface area contributed by atoms with Crippen LogP contribution in [0.15, 0.2) is 317 Å². The maximum absolute atomic E-state index is 14.1. The van der Waals surface area contributed by atoms with Gasteiger partial charge in [0.15, 0.2) is 61.4 Å². The minimum atomic E-state index is -5.62. The third-order valence-corrected chi connectivity index (χ3v) is 35.1. The number of hydrogen-bond acceptors (Lipinski definition) is 12. The van der Waals surface area contributed by atoms with Gasteiger partial charge in [-0.25, -0.2) is 27.6 Å². The summed E-state index contributed by atoms with van der Waals surface area (Å²) in [5, 5.41) is 0. The van der Waals surface area contributed by atoms with E-state index in [2.05, 4.69) is 273 Å². The Hall–Kier alpha value is -9.06. The third-order valence-electron chi connectivity index (χ3n) is 28.4. The van der Waals surface area contributed by atoms with E-state index in [4.69, 9.17) is 42.6 Å². The molecule has 15 aliphatic rings. The zero-order chi connectivity index (χ0) is 98.4. The van der Waals surface area contributed by atoms with E-state index < -0.39 is 169 Å². The second-order valence-electron chi connectivity index (χ2n) is 38.4. The van der Waals surface area contributed by atoms with E-state index in [-0.39, 0.29) is 88.0 Å². The van der Waals surface area contributed by atoms with E-state index in [0.717, 1.165) is 12.8 Å². The number of alkyl halides is 18. The lowest BCUT2D eigenvalue weighted by Crippen LogP contribution is -2.71. The Labute approximate surface area is 796 Å². The number of halogens is 18. The number of carbonyl (C=O) groups excluding carboxylic acids is 3. The molecule has 738 valence electrons. The third kappa shape index (κ3) is 21.5. The Balaban J connectivity index is 0.000000121. The molecule has 3 heterocycles. The molecule has 6 unspecified atom stereocenters. The molecule has 15 fully saturated rings. The topological polar surface area (TPSA) is 134 Å². The van der Waals surface area contributed by atoms with Crippen molar-refractivity contribution >= 4 is 50.6 Å². The van der Waals surface area contributed by atoms with Crippen LogP contribution in [0.3, 0.4) is 0 Å². The van der Waals surface area contributed by atoms with Crippen molar-refractivity contribution in [3.05, 3.63) is 273 Å². The molecule has 3 aliphatic heterocycles. The van der Waals surface area contributed by atoms with Gasteiger partial charge < -0.3 is 42.6 Å². The van der Waals surface area contributed by atoms with Gasteiger partial charge in [-0.05, 0) is 223 Å². The molecule has 3 spiro atoms. The average molecular weight is 2000 g/mol. The summed E-state index contributed by atoms with van der Waals surface area (Å²) in [6.45, 7) is -5.57. The van der Waals surface area contributed by atoms with Crippen molar-refractivity contribution in [1.82, 2.24) is 0 Å². The molecule has 33 heteroatoms. The summed E-state index contributed by atoms with van der Waals surface area (Å²) < 4.78 is 287. The van der Waals surface area contributed by atoms with Gasteiger partial charge in [-0.2, -0.15) is 65.9 Å². The molecule has 0 radical (unpaired) electrons. The molecule has 12 nitrogen and oxygen atoms in total. The molecular weight excluding hydrogens is 1890 g/mol. The van der Waals surface area contributed by atoms with Crippen LogP contribution >= 0.6 is 0 Å². The first-order chi connectivity index (χ1) is 65.2. The van der Waals surface area contributed by atoms with Crippen LogP contribution in [0.5, 0.6) is 0 Å². The summed E-state index contributed by atoms with van der Waals surface area (Å²) in [7, 11) is -0.0439. The van der Waals surface area contributed by atoms with Crippen molar-refractivity contribution in [2.24, 2.45) is 58.7 Å². The Bertz CT molecular complexity index is 4920. The van der Waals surface area contributed by atoms with Crippen molar-refractivity contribution < 1.29 is 136 Å². The van der Waals surface area contributed by atoms with Crippen LogP contribution < -0.4 is 0 Å². The number of ether oxygens (including phenoxy) is 9. The molecule has 24 rings (SSSR count). The van der Waals surface area contributed by atoms with Crippen molar-refractivity contribution in [1.29, 1.82) is 0 Å². The van der Waals surface area contributed by atoms with Crippen LogP contribution in [-0.2, 0) is 89.7 Å².